The normalized spacial score (nSPS) is 12.0. The number of hydrogen-bond donors (Lipinski definition) is 1. The number of aryl methyl sites for hydroxylation is 1. The number of rotatable bonds is 5. The highest BCUT2D eigenvalue weighted by molar-refractivity contribution is 5.77. The summed E-state index contributed by atoms with van der Waals surface area (Å²) in [4.78, 5) is 11.6. The lowest BCUT2D eigenvalue weighted by molar-refractivity contribution is -0.143. The van der Waals surface area contributed by atoms with E-state index in [-0.39, 0.29) is 5.97 Å². The first-order valence-electron chi connectivity index (χ1n) is 5.59. The second kappa shape index (κ2) is 6.25. The second-order valence-electron chi connectivity index (χ2n) is 3.67. The van der Waals surface area contributed by atoms with Crippen LogP contribution in [0.3, 0.4) is 0 Å². The molecule has 1 atom stereocenters. The van der Waals surface area contributed by atoms with E-state index >= 15 is 0 Å². The van der Waals surface area contributed by atoms with Crippen LogP contribution in [0.4, 0.5) is 0 Å². The van der Waals surface area contributed by atoms with Gasteiger partial charge in [-0.05, 0) is 36.7 Å². The van der Waals surface area contributed by atoms with E-state index < -0.39 is 6.04 Å². The topological polar surface area (TPSA) is 47.6 Å². The van der Waals surface area contributed by atoms with Gasteiger partial charge in [-0.15, -0.1) is 0 Å². The summed E-state index contributed by atoms with van der Waals surface area (Å²) in [6.07, 6.45) is 0.856. The quantitative estimate of drug-likeness (QED) is 0.792. The Hall–Kier alpha value is -1.55. The molecular weight excluding hydrogens is 218 g/mol. The molecule has 0 fully saturated rings. The number of carbonyl (C=O) groups is 1. The summed E-state index contributed by atoms with van der Waals surface area (Å²) < 4.78 is 10.0. The van der Waals surface area contributed by atoms with Crippen LogP contribution < -0.4 is 10.1 Å². The summed E-state index contributed by atoms with van der Waals surface area (Å²) >= 11 is 0. The Balaban J connectivity index is 3.09. The summed E-state index contributed by atoms with van der Waals surface area (Å²) in [6, 6.07) is 5.28. The van der Waals surface area contributed by atoms with Gasteiger partial charge in [0.25, 0.3) is 0 Å². The molecule has 0 aliphatic carbocycles. The maximum Gasteiger partial charge on any atom is 0.327 e. The van der Waals surface area contributed by atoms with Gasteiger partial charge in [-0.3, -0.25) is 0 Å². The van der Waals surface area contributed by atoms with Crippen molar-refractivity contribution < 1.29 is 14.3 Å². The summed E-state index contributed by atoms with van der Waals surface area (Å²) in [5.41, 5.74) is 1.96. The minimum atomic E-state index is -0.434. The molecule has 1 N–H and O–H groups in total. The smallest absolute Gasteiger partial charge is 0.327 e. The van der Waals surface area contributed by atoms with Crippen molar-refractivity contribution in [2.75, 3.05) is 21.3 Å². The fraction of sp³-hybridized carbons (Fsp3) is 0.462. The molecule has 4 nitrogen and oxygen atoms in total. The van der Waals surface area contributed by atoms with Crippen molar-refractivity contribution in [2.45, 2.75) is 19.4 Å². The SMILES string of the molecule is CCc1cc(C(NC)C(=O)OC)ccc1OC. The Kier molecular flexibility index (Phi) is 4.97. The van der Waals surface area contributed by atoms with E-state index in [2.05, 4.69) is 5.32 Å². The number of methoxy groups -OCH3 is 2. The Bertz CT molecular complexity index is 390. The van der Waals surface area contributed by atoms with Gasteiger partial charge in [0, 0.05) is 0 Å². The van der Waals surface area contributed by atoms with Gasteiger partial charge in [-0.25, -0.2) is 4.79 Å². The largest absolute Gasteiger partial charge is 0.496 e. The molecule has 0 aromatic heterocycles. The Morgan fingerprint density at radius 1 is 1.41 bits per heavy atom. The van der Waals surface area contributed by atoms with Gasteiger partial charge < -0.3 is 14.8 Å². The van der Waals surface area contributed by atoms with Crippen LogP contribution in [0.1, 0.15) is 24.1 Å². The number of nitrogens with one attached hydrogen (secondary N) is 1. The van der Waals surface area contributed by atoms with Crippen molar-refractivity contribution in [1.29, 1.82) is 0 Å². The molecular formula is C13H19NO3. The monoisotopic (exact) mass is 237 g/mol. The van der Waals surface area contributed by atoms with Crippen LogP contribution in [-0.4, -0.2) is 27.2 Å². The number of benzene rings is 1. The van der Waals surface area contributed by atoms with Crippen LogP contribution in [0.5, 0.6) is 5.75 Å². The van der Waals surface area contributed by atoms with Crippen molar-refractivity contribution in [3.8, 4) is 5.75 Å². The maximum atomic E-state index is 11.6. The average Bonchev–Trinajstić information content (AvgIpc) is 2.38. The first kappa shape index (κ1) is 13.5. The van der Waals surface area contributed by atoms with Gasteiger partial charge in [0.15, 0.2) is 0 Å². The second-order valence-corrected chi connectivity index (χ2v) is 3.67. The molecule has 1 rings (SSSR count). The van der Waals surface area contributed by atoms with E-state index in [4.69, 9.17) is 9.47 Å². The molecule has 0 aliphatic rings. The minimum absolute atomic E-state index is 0.292. The van der Waals surface area contributed by atoms with Crippen molar-refractivity contribution in [2.24, 2.45) is 0 Å². The predicted molar refractivity (Wildman–Crippen MR) is 66.2 cm³/mol. The van der Waals surface area contributed by atoms with Crippen LogP contribution >= 0.6 is 0 Å². The summed E-state index contributed by atoms with van der Waals surface area (Å²) in [7, 11) is 4.76. The maximum absolute atomic E-state index is 11.6. The Morgan fingerprint density at radius 2 is 2.12 bits per heavy atom. The van der Waals surface area contributed by atoms with E-state index in [0.29, 0.717) is 0 Å². The number of esters is 1. The van der Waals surface area contributed by atoms with Crippen LogP contribution in [0.15, 0.2) is 18.2 Å². The summed E-state index contributed by atoms with van der Waals surface area (Å²) in [5.74, 6) is 0.552. The third-order valence-electron chi connectivity index (χ3n) is 2.74. The highest BCUT2D eigenvalue weighted by atomic mass is 16.5. The van der Waals surface area contributed by atoms with E-state index in [1.54, 1.807) is 14.2 Å². The van der Waals surface area contributed by atoms with Gasteiger partial charge in [0.05, 0.1) is 14.2 Å². The summed E-state index contributed by atoms with van der Waals surface area (Å²) in [5, 5.41) is 2.94. The summed E-state index contributed by atoms with van der Waals surface area (Å²) in [6.45, 7) is 2.05. The van der Waals surface area contributed by atoms with Crippen LogP contribution in [0.2, 0.25) is 0 Å². The van der Waals surface area contributed by atoms with Crippen LogP contribution in [0, 0.1) is 0 Å². The lowest BCUT2D eigenvalue weighted by atomic mass is 10.0. The standard InChI is InChI=1S/C13H19NO3/c1-5-9-8-10(6-7-11(9)16-3)12(14-2)13(15)17-4/h6-8,12,14H,5H2,1-4H3. The van der Waals surface area contributed by atoms with Gasteiger partial charge in [-0.1, -0.05) is 13.0 Å². The predicted octanol–water partition coefficient (Wildman–Crippen LogP) is 1.69. The molecule has 0 bridgehead atoms. The van der Waals surface area contributed by atoms with E-state index in [9.17, 15) is 4.79 Å². The first-order valence-corrected chi connectivity index (χ1v) is 5.59. The zero-order chi connectivity index (χ0) is 12.8. The van der Waals surface area contributed by atoms with Gasteiger partial charge in [0.2, 0.25) is 0 Å². The molecule has 4 heteroatoms. The number of carbonyl (C=O) groups excluding carboxylic acids is 1. The zero-order valence-corrected chi connectivity index (χ0v) is 10.7. The number of ether oxygens (including phenoxy) is 2. The Morgan fingerprint density at radius 3 is 2.59 bits per heavy atom. The van der Waals surface area contributed by atoms with Gasteiger partial charge >= 0.3 is 5.97 Å². The first-order chi connectivity index (χ1) is 8.17. The molecule has 0 saturated carbocycles. The number of hydrogen-bond acceptors (Lipinski definition) is 4. The van der Waals surface area contributed by atoms with E-state index in [1.807, 2.05) is 25.1 Å². The van der Waals surface area contributed by atoms with Gasteiger partial charge in [-0.2, -0.15) is 0 Å². The Labute approximate surface area is 102 Å². The average molecular weight is 237 g/mol. The molecule has 0 saturated heterocycles. The molecule has 0 radical (unpaired) electrons. The van der Waals surface area contributed by atoms with E-state index in [1.165, 1.54) is 7.11 Å². The van der Waals surface area contributed by atoms with Crippen molar-refractivity contribution >= 4 is 5.97 Å². The fourth-order valence-corrected chi connectivity index (χ4v) is 1.79. The molecule has 0 spiro atoms. The molecule has 1 aromatic rings. The minimum Gasteiger partial charge on any atom is -0.496 e. The van der Waals surface area contributed by atoms with E-state index in [0.717, 1.165) is 23.3 Å². The zero-order valence-electron chi connectivity index (χ0n) is 10.7. The molecule has 0 aliphatic heterocycles. The van der Waals surface area contributed by atoms with Crippen molar-refractivity contribution in [3.05, 3.63) is 29.3 Å². The van der Waals surface area contributed by atoms with Crippen molar-refractivity contribution in [1.82, 2.24) is 5.32 Å². The van der Waals surface area contributed by atoms with Gasteiger partial charge in [0.1, 0.15) is 11.8 Å². The van der Waals surface area contributed by atoms with Crippen molar-refractivity contribution in [3.63, 3.8) is 0 Å². The lowest BCUT2D eigenvalue weighted by Crippen LogP contribution is -2.26. The van der Waals surface area contributed by atoms with Crippen LogP contribution in [0.25, 0.3) is 0 Å². The number of likely N-dealkylation sites (N-methyl/N-ethyl adjacent to an activating group) is 1. The molecule has 0 amide bonds. The molecule has 94 valence electrons. The molecule has 0 heterocycles. The molecule has 1 unspecified atom stereocenters. The third kappa shape index (κ3) is 2.97. The third-order valence-corrected chi connectivity index (χ3v) is 2.74. The molecule has 17 heavy (non-hydrogen) atoms. The lowest BCUT2D eigenvalue weighted by Gasteiger charge is -2.16. The highest BCUT2D eigenvalue weighted by Gasteiger charge is 2.20. The van der Waals surface area contributed by atoms with Crippen LogP contribution in [-0.2, 0) is 16.0 Å². The highest BCUT2D eigenvalue weighted by Crippen LogP contribution is 2.24. The molecule has 1 aromatic carbocycles. The fourth-order valence-electron chi connectivity index (χ4n) is 1.79.